The smallest absolute Gasteiger partial charge is 0.191 e. The third-order valence-corrected chi connectivity index (χ3v) is 3.70. The van der Waals surface area contributed by atoms with Crippen molar-refractivity contribution in [1.29, 1.82) is 0 Å². The molecule has 21 heavy (non-hydrogen) atoms. The molecule has 0 aliphatic rings. The van der Waals surface area contributed by atoms with Crippen LogP contribution in [0.15, 0.2) is 35.5 Å². The van der Waals surface area contributed by atoms with Gasteiger partial charge in [0.1, 0.15) is 10.8 Å². The van der Waals surface area contributed by atoms with Crippen LogP contribution in [0.5, 0.6) is 0 Å². The number of benzene rings is 1. The van der Waals surface area contributed by atoms with E-state index in [-0.39, 0.29) is 5.82 Å². The highest BCUT2D eigenvalue weighted by Crippen LogP contribution is 2.10. The fourth-order valence-corrected chi connectivity index (χ4v) is 2.50. The second kappa shape index (κ2) is 7.73. The molecule has 0 radical (unpaired) electrons. The van der Waals surface area contributed by atoms with Crippen molar-refractivity contribution in [2.24, 2.45) is 4.99 Å². The number of aromatic nitrogens is 1. The summed E-state index contributed by atoms with van der Waals surface area (Å²) in [7, 11) is 0. The molecule has 4 nitrogen and oxygen atoms in total. The number of thiazole rings is 1. The van der Waals surface area contributed by atoms with Crippen molar-refractivity contribution in [2.75, 3.05) is 6.54 Å². The van der Waals surface area contributed by atoms with Gasteiger partial charge in [-0.1, -0.05) is 18.2 Å². The number of nitrogens with one attached hydrogen (secondary N) is 2. The minimum absolute atomic E-state index is 0.229. The van der Waals surface area contributed by atoms with Crippen LogP contribution in [0.2, 0.25) is 0 Å². The molecule has 112 valence electrons. The molecule has 2 aromatic rings. The van der Waals surface area contributed by atoms with Crippen molar-refractivity contribution in [2.45, 2.75) is 26.9 Å². The third-order valence-electron chi connectivity index (χ3n) is 2.79. The highest BCUT2D eigenvalue weighted by Gasteiger charge is 2.03. The minimum atomic E-state index is -0.229. The van der Waals surface area contributed by atoms with Crippen molar-refractivity contribution in [1.82, 2.24) is 15.6 Å². The molecule has 0 saturated heterocycles. The van der Waals surface area contributed by atoms with E-state index in [2.05, 4.69) is 20.6 Å². The van der Waals surface area contributed by atoms with Gasteiger partial charge in [-0.05, 0) is 19.9 Å². The Hall–Kier alpha value is -1.95. The Morgan fingerprint density at radius 1 is 1.33 bits per heavy atom. The van der Waals surface area contributed by atoms with Gasteiger partial charge in [0.15, 0.2) is 5.96 Å². The molecule has 2 rings (SSSR count). The normalized spacial score (nSPS) is 11.5. The van der Waals surface area contributed by atoms with Crippen LogP contribution in [-0.4, -0.2) is 17.5 Å². The molecule has 6 heteroatoms. The fraction of sp³-hybridized carbons (Fsp3) is 0.333. The second-order valence-electron chi connectivity index (χ2n) is 4.50. The Bertz CT molecular complexity index is 609. The zero-order valence-corrected chi connectivity index (χ0v) is 13.0. The lowest BCUT2D eigenvalue weighted by atomic mass is 10.2. The highest BCUT2D eigenvalue weighted by molar-refractivity contribution is 7.11. The summed E-state index contributed by atoms with van der Waals surface area (Å²) < 4.78 is 13.6. The molecular weight excluding hydrogens is 287 g/mol. The number of guanidine groups is 1. The number of aryl methyl sites for hydroxylation is 1. The Balaban J connectivity index is 1.97. The summed E-state index contributed by atoms with van der Waals surface area (Å²) in [5.41, 5.74) is 0.583. The largest absolute Gasteiger partial charge is 0.357 e. The average molecular weight is 306 g/mol. The van der Waals surface area contributed by atoms with Gasteiger partial charge in [0, 0.05) is 23.2 Å². The molecule has 0 aliphatic carbocycles. The average Bonchev–Trinajstić information content (AvgIpc) is 2.89. The summed E-state index contributed by atoms with van der Waals surface area (Å²) in [5.74, 6) is 0.432. The van der Waals surface area contributed by atoms with E-state index in [4.69, 9.17) is 0 Å². The van der Waals surface area contributed by atoms with Crippen LogP contribution in [0.1, 0.15) is 22.4 Å². The van der Waals surface area contributed by atoms with E-state index in [1.54, 1.807) is 23.5 Å². The molecule has 2 N–H and O–H groups in total. The zero-order valence-electron chi connectivity index (χ0n) is 12.2. The van der Waals surface area contributed by atoms with E-state index in [9.17, 15) is 4.39 Å². The maximum atomic E-state index is 13.6. The van der Waals surface area contributed by atoms with Gasteiger partial charge in [-0.3, -0.25) is 0 Å². The predicted molar refractivity (Wildman–Crippen MR) is 84.9 cm³/mol. The summed E-state index contributed by atoms with van der Waals surface area (Å²) in [6.45, 7) is 5.69. The van der Waals surface area contributed by atoms with Crippen molar-refractivity contribution in [3.8, 4) is 0 Å². The van der Waals surface area contributed by atoms with Crippen LogP contribution in [-0.2, 0) is 13.1 Å². The van der Waals surface area contributed by atoms with Crippen LogP contribution in [0.25, 0.3) is 0 Å². The van der Waals surface area contributed by atoms with Gasteiger partial charge >= 0.3 is 0 Å². The minimum Gasteiger partial charge on any atom is -0.357 e. The first-order chi connectivity index (χ1) is 10.2. The number of hydrogen-bond acceptors (Lipinski definition) is 3. The Morgan fingerprint density at radius 2 is 2.14 bits per heavy atom. The van der Waals surface area contributed by atoms with Crippen LogP contribution < -0.4 is 10.6 Å². The molecule has 0 unspecified atom stereocenters. The maximum absolute atomic E-state index is 13.6. The summed E-state index contributed by atoms with van der Waals surface area (Å²) in [5, 5.41) is 7.35. The van der Waals surface area contributed by atoms with Crippen LogP contribution >= 0.6 is 11.3 Å². The predicted octanol–water partition coefficient (Wildman–Crippen LogP) is 2.85. The summed E-state index contributed by atoms with van der Waals surface area (Å²) in [6, 6.07) is 6.68. The molecule has 1 aromatic heterocycles. The lowest BCUT2D eigenvalue weighted by Crippen LogP contribution is -2.36. The molecule has 1 aromatic carbocycles. The van der Waals surface area contributed by atoms with Crippen LogP contribution in [0.3, 0.4) is 0 Å². The monoisotopic (exact) mass is 306 g/mol. The molecule has 1 heterocycles. The SMILES string of the molecule is CCNC(=NCc1ccccc1F)NCc1ncc(C)s1. The quantitative estimate of drug-likeness (QED) is 0.660. The molecule has 0 amide bonds. The van der Waals surface area contributed by atoms with Crippen molar-refractivity contribution >= 4 is 17.3 Å². The van der Waals surface area contributed by atoms with E-state index in [1.807, 2.05) is 26.1 Å². The van der Waals surface area contributed by atoms with E-state index < -0.39 is 0 Å². The van der Waals surface area contributed by atoms with Crippen molar-refractivity contribution < 1.29 is 4.39 Å². The lowest BCUT2D eigenvalue weighted by Gasteiger charge is -2.10. The summed E-state index contributed by atoms with van der Waals surface area (Å²) >= 11 is 1.65. The van der Waals surface area contributed by atoms with Gasteiger partial charge in [-0.2, -0.15) is 0 Å². The number of nitrogens with zero attached hydrogens (tertiary/aromatic N) is 2. The molecule has 0 aliphatic heterocycles. The van der Waals surface area contributed by atoms with Gasteiger partial charge in [0.2, 0.25) is 0 Å². The van der Waals surface area contributed by atoms with E-state index in [1.165, 1.54) is 10.9 Å². The van der Waals surface area contributed by atoms with E-state index >= 15 is 0 Å². The van der Waals surface area contributed by atoms with Crippen LogP contribution in [0, 0.1) is 12.7 Å². The first-order valence-corrected chi connectivity index (χ1v) is 7.67. The number of rotatable bonds is 5. The molecule has 0 saturated carbocycles. The second-order valence-corrected chi connectivity index (χ2v) is 5.82. The number of aliphatic imine (C=N–C) groups is 1. The van der Waals surface area contributed by atoms with Gasteiger partial charge < -0.3 is 10.6 Å². The Morgan fingerprint density at radius 3 is 2.81 bits per heavy atom. The van der Waals surface area contributed by atoms with Gasteiger partial charge in [-0.25, -0.2) is 14.4 Å². The highest BCUT2D eigenvalue weighted by atomic mass is 32.1. The molecule has 0 spiro atoms. The van der Waals surface area contributed by atoms with Gasteiger partial charge in [0.05, 0.1) is 13.1 Å². The third kappa shape index (κ3) is 4.82. The van der Waals surface area contributed by atoms with E-state index in [0.717, 1.165) is 11.6 Å². The van der Waals surface area contributed by atoms with Gasteiger partial charge in [-0.15, -0.1) is 11.3 Å². The van der Waals surface area contributed by atoms with Crippen LogP contribution in [0.4, 0.5) is 4.39 Å². The van der Waals surface area contributed by atoms with Gasteiger partial charge in [0.25, 0.3) is 0 Å². The first-order valence-electron chi connectivity index (χ1n) is 6.86. The Labute approximate surface area is 128 Å². The molecule has 0 fully saturated rings. The van der Waals surface area contributed by atoms with E-state index in [0.29, 0.717) is 24.6 Å². The maximum Gasteiger partial charge on any atom is 0.191 e. The standard InChI is InChI=1S/C15H19FN4S/c1-3-17-15(20-10-14-18-8-11(2)21-14)19-9-12-6-4-5-7-13(12)16/h4-8H,3,9-10H2,1-2H3,(H2,17,19,20). The van der Waals surface area contributed by atoms with Crippen molar-refractivity contribution in [3.05, 3.63) is 51.7 Å². The summed E-state index contributed by atoms with van der Waals surface area (Å²) in [6.07, 6.45) is 1.85. The number of hydrogen-bond donors (Lipinski definition) is 2. The molecule has 0 atom stereocenters. The topological polar surface area (TPSA) is 49.3 Å². The molecule has 0 bridgehead atoms. The zero-order chi connectivity index (χ0) is 15.1. The first kappa shape index (κ1) is 15.4. The molecular formula is C15H19FN4S. The Kier molecular flexibility index (Phi) is 5.68. The van der Waals surface area contributed by atoms with Crippen molar-refractivity contribution in [3.63, 3.8) is 0 Å². The number of halogens is 1. The summed E-state index contributed by atoms with van der Waals surface area (Å²) in [4.78, 5) is 9.87. The lowest BCUT2D eigenvalue weighted by molar-refractivity contribution is 0.610. The fourth-order valence-electron chi connectivity index (χ4n) is 1.78.